The first-order valence-corrected chi connectivity index (χ1v) is 6.79. The van der Waals surface area contributed by atoms with Crippen LogP contribution in [-0.4, -0.2) is 22.2 Å². The van der Waals surface area contributed by atoms with Crippen molar-refractivity contribution in [1.29, 1.82) is 0 Å². The van der Waals surface area contributed by atoms with Crippen LogP contribution in [0.2, 0.25) is 0 Å². The fraction of sp³-hybridized carbons (Fsp3) is 0.111. The number of carbonyl (C=O) groups is 2. The van der Waals surface area contributed by atoms with Crippen molar-refractivity contribution in [3.63, 3.8) is 0 Å². The van der Waals surface area contributed by atoms with Crippen LogP contribution in [0.3, 0.4) is 0 Å². The van der Waals surface area contributed by atoms with Crippen LogP contribution < -0.4 is 0 Å². The van der Waals surface area contributed by atoms with Crippen LogP contribution in [0.25, 0.3) is 6.08 Å². The van der Waals surface area contributed by atoms with E-state index in [-0.39, 0.29) is 6.42 Å². The van der Waals surface area contributed by atoms with Gasteiger partial charge in [0.15, 0.2) is 0 Å². The molecule has 0 fully saturated rings. The summed E-state index contributed by atoms with van der Waals surface area (Å²) in [6.45, 7) is 0. The highest BCUT2D eigenvalue weighted by molar-refractivity contribution is 5.85. The van der Waals surface area contributed by atoms with Gasteiger partial charge in [0.1, 0.15) is 0 Å². The fourth-order valence-corrected chi connectivity index (χ4v) is 1.63. The number of carboxylic acid groups (broad SMARTS) is 2. The van der Waals surface area contributed by atoms with Gasteiger partial charge in [-0.1, -0.05) is 60.7 Å². The number of benzene rings is 2. The van der Waals surface area contributed by atoms with E-state index in [1.54, 1.807) is 6.08 Å². The van der Waals surface area contributed by atoms with Crippen molar-refractivity contribution in [3.8, 4) is 0 Å². The largest absolute Gasteiger partial charge is 0.481 e. The van der Waals surface area contributed by atoms with Crippen molar-refractivity contribution in [3.05, 3.63) is 77.9 Å². The molecular formula is C18H18O4. The van der Waals surface area contributed by atoms with Gasteiger partial charge in [0.2, 0.25) is 0 Å². The standard InChI is InChI=1S/C9H10O2.C9H8O2/c2*10-9(11)7-6-8-4-2-1-3-5-8/h1-5H,6-7H2,(H,10,11);1-7H,(H,10,11). The monoisotopic (exact) mass is 298 g/mol. The molecule has 22 heavy (non-hydrogen) atoms. The highest BCUT2D eigenvalue weighted by Gasteiger charge is 1.96. The second-order valence-electron chi connectivity index (χ2n) is 4.46. The van der Waals surface area contributed by atoms with Crippen molar-refractivity contribution in [2.45, 2.75) is 12.8 Å². The molecule has 0 aromatic heterocycles. The quantitative estimate of drug-likeness (QED) is 0.829. The van der Waals surface area contributed by atoms with Crippen molar-refractivity contribution >= 4 is 18.0 Å². The van der Waals surface area contributed by atoms with Crippen LogP contribution in [-0.2, 0) is 16.0 Å². The predicted octanol–water partition coefficient (Wildman–Crippen LogP) is 3.49. The number of aliphatic carboxylic acids is 2. The summed E-state index contributed by atoms with van der Waals surface area (Å²) in [5.41, 5.74) is 1.98. The van der Waals surface area contributed by atoms with Crippen LogP contribution >= 0.6 is 0 Å². The van der Waals surface area contributed by atoms with Gasteiger partial charge in [-0.3, -0.25) is 4.79 Å². The Morgan fingerprint density at radius 2 is 1.41 bits per heavy atom. The lowest BCUT2D eigenvalue weighted by Gasteiger charge is -1.95. The maximum atomic E-state index is 10.2. The molecule has 2 N–H and O–H groups in total. The average Bonchev–Trinajstić information content (AvgIpc) is 2.53. The van der Waals surface area contributed by atoms with Crippen LogP contribution in [0.15, 0.2) is 66.7 Å². The van der Waals surface area contributed by atoms with Gasteiger partial charge in [-0.25, -0.2) is 4.79 Å². The lowest BCUT2D eigenvalue weighted by atomic mass is 10.1. The van der Waals surface area contributed by atoms with E-state index in [0.717, 1.165) is 17.2 Å². The molecule has 2 aromatic rings. The molecule has 0 saturated carbocycles. The van der Waals surface area contributed by atoms with E-state index in [1.807, 2.05) is 60.7 Å². The molecule has 2 rings (SSSR count). The summed E-state index contributed by atoms with van der Waals surface area (Å²) < 4.78 is 0. The summed E-state index contributed by atoms with van der Waals surface area (Å²) in [4.78, 5) is 20.3. The highest BCUT2D eigenvalue weighted by atomic mass is 16.4. The Balaban J connectivity index is 0.000000220. The van der Waals surface area contributed by atoms with E-state index < -0.39 is 11.9 Å². The Bertz CT molecular complexity index is 603. The molecule has 0 saturated heterocycles. The van der Waals surface area contributed by atoms with Crippen molar-refractivity contribution < 1.29 is 19.8 Å². The summed E-state index contributed by atoms with van der Waals surface area (Å²) in [5.74, 6) is -1.66. The van der Waals surface area contributed by atoms with E-state index >= 15 is 0 Å². The Hall–Kier alpha value is -2.88. The lowest BCUT2D eigenvalue weighted by Crippen LogP contribution is -1.96. The summed E-state index contributed by atoms with van der Waals surface area (Å²) in [6, 6.07) is 18.9. The van der Waals surface area contributed by atoms with Gasteiger partial charge < -0.3 is 10.2 Å². The Morgan fingerprint density at radius 1 is 0.864 bits per heavy atom. The predicted molar refractivity (Wildman–Crippen MR) is 85.5 cm³/mol. The first kappa shape index (κ1) is 17.2. The van der Waals surface area contributed by atoms with Crippen molar-refractivity contribution in [2.24, 2.45) is 0 Å². The van der Waals surface area contributed by atoms with E-state index in [0.29, 0.717) is 6.42 Å². The third-order valence-electron chi connectivity index (χ3n) is 2.69. The zero-order valence-electron chi connectivity index (χ0n) is 12.1. The van der Waals surface area contributed by atoms with Gasteiger partial charge in [0.05, 0.1) is 0 Å². The van der Waals surface area contributed by atoms with Gasteiger partial charge in [-0.15, -0.1) is 0 Å². The average molecular weight is 298 g/mol. The van der Waals surface area contributed by atoms with Gasteiger partial charge in [0.25, 0.3) is 0 Å². The molecule has 114 valence electrons. The zero-order chi connectivity index (χ0) is 16.2. The molecule has 0 heterocycles. The molecule has 0 aliphatic heterocycles. The number of hydrogen-bond donors (Lipinski definition) is 2. The normalized spacial score (nSPS) is 9.82. The fourth-order valence-electron chi connectivity index (χ4n) is 1.63. The van der Waals surface area contributed by atoms with E-state index in [9.17, 15) is 9.59 Å². The smallest absolute Gasteiger partial charge is 0.328 e. The second kappa shape index (κ2) is 9.94. The number of rotatable bonds is 5. The highest BCUT2D eigenvalue weighted by Crippen LogP contribution is 2.01. The molecular weight excluding hydrogens is 280 g/mol. The van der Waals surface area contributed by atoms with Crippen LogP contribution in [0.4, 0.5) is 0 Å². The Labute approximate surface area is 129 Å². The van der Waals surface area contributed by atoms with E-state index in [4.69, 9.17) is 10.2 Å². The molecule has 0 amide bonds. The second-order valence-corrected chi connectivity index (χ2v) is 4.46. The van der Waals surface area contributed by atoms with Gasteiger partial charge >= 0.3 is 11.9 Å². The molecule has 2 aromatic carbocycles. The van der Waals surface area contributed by atoms with Crippen LogP contribution in [0.5, 0.6) is 0 Å². The maximum absolute atomic E-state index is 10.2. The third kappa shape index (κ3) is 8.32. The molecule has 0 radical (unpaired) electrons. The van der Waals surface area contributed by atoms with Gasteiger partial charge in [-0.2, -0.15) is 0 Å². The lowest BCUT2D eigenvalue weighted by molar-refractivity contribution is -0.137. The molecule has 0 aliphatic rings. The first-order valence-electron chi connectivity index (χ1n) is 6.79. The minimum atomic E-state index is -0.922. The number of hydrogen-bond acceptors (Lipinski definition) is 2. The molecule has 4 heteroatoms. The molecule has 0 spiro atoms. The summed E-state index contributed by atoms with van der Waals surface area (Å²) in [7, 11) is 0. The van der Waals surface area contributed by atoms with E-state index in [2.05, 4.69) is 0 Å². The van der Waals surface area contributed by atoms with Crippen molar-refractivity contribution in [1.82, 2.24) is 0 Å². The first-order chi connectivity index (χ1) is 10.6. The number of carboxylic acids is 2. The topological polar surface area (TPSA) is 74.6 Å². The van der Waals surface area contributed by atoms with E-state index in [1.165, 1.54) is 0 Å². The minimum absolute atomic E-state index is 0.212. The molecule has 0 unspecified atom stereocenters. The van der Waals surface area contributed by atoms with Crippen LogP contribution in [0.1, 0.15) is 17.5 Å². The van der Waals surface area contributed by atoms with Gasteiger partial charge in [0, 0.05) is 12.5 Å². The Kier molecular flexibility index (Phi) is 7.76. The summed E-state index contributed by atoms with van der Waals surface area (Å²) in [6.07, 6.45) is 3.51. The molecule has 0 aliphatic carbocycles. The Morgan fingerprint density at radius 3 is 1.91 bits per heavy atom. The van der Waals surface area contributed by atoms with Crippen molar-refractivity contribution in [2.75, 3.05) is 0 Å². The number of aryl methyl sites for hydroxylation is 1. The molecule has 4 nitrogen and oxygen atoms in total. The minimum Gasteiger partial charge on any atom is -0.481 e. The summed E-state index contributed by atoms with van der Waals surface area (Å²) in [5, 5.41) is 16.7. The zero-order valence-corrected chi connectivity index (χ0v) is 12.1. The molecule has 0 bridgehead atoms. The summed E-state index contributed by atoms with van der Waals surface area (Å²) >= 11 is 0. The van der Waals surface area contributed by atoms with Crippen LogP contribution in [0, 0.1) is 0 Å². The SMILES string of the molecule is O=C(O)C=Cc1ccccc1.O=C(O)CCc1ccccc1. The molecule has 0 atom stereocenters. The maximum Gasteiger partial charge on any atom is 0.328 e. The van der Waals surface area contributed by atoms with Gasteiger partial charge in [-0.05, 0) is 23.6 Å². The third-order valence-corrected chi connectivity index (χ3v) is 2.69.